The highest BCUT2D eigenvalue weighted by Crippen LogP contribution is 2.37. The van der Waals surface area contributed by atoms with Crippen LogP contribution in [0.3, 0.4) is 0 Å². The number of methoxy groups -OCH3 is 1. The minimum absolute atomic E-state index is 0.154. The van der Waals surface area contributed by atoms with E-state index in [1.807, 2.05) is 31.2 Å². The van der Waals surface area contributed by atoms with Crippen molar-refractivity contribution < 1.29 is 9.84 Å². The number of rotatable bonds is 5. The SMILES string of the molecule is COc1ccc(-c2csc3ncnc(N[C@@H](C)C(C)(C)O)c23)cc1. The quantitative estimate of drug-likeness (QED) is 0.734. The first-order valence-electron chi connectivity index (χ1n) is 7.75. The van der Waals surface area contributed by atoms with Gasteiger partial charge in [0.25, 0.3) is 0 Å². The van der Waals surface area contributed by atoms with Crippen LogP contribution in [0.2, 0.25) is 0 Å². The normalized spacial score (nSPS) is 13.0. The topological polar surface area (TPSA) is 67.3 Å². The van der Waals surface area contributed by atoms with Crippen molar-refractivity contribution in [1.29, 1.82) is 0 Å². The lowest BCUT2D eigenvalue weighted by Crippen LogP contribution is -2.39. The molecule has 126 valence electrons. The maximum Gasteiger partial charge on any atom is 0.139 e. The lowest BCUT2D eigenvalue weighted by atomic mass is 10.0. The van der Waals surface area contributed by atoms with Crippen molar-refractivity contribution in [2.24, 2.45) is 0 Å². The molecule has 0 aliphatic carbocycles. The molecule has 5 nitrogen and oxygen atoms in total. The Hall–Kier alpha value is -2.18. The zero-order chi connectivity index (χ0) is 17.3. The molecule has 0 bridgehead atoms. The summed E-state index contributed by atoms with van der Waals surface area (Å²) in [4.78, 5) is 9.69. The minimum atomic E-state index is -0.854. The molecule has 0 aliphatic heterocycles. The molecular formula is C18H21N3O2S. The summed E-state index contributed by atoms with van der Waals surface area (Å²) in [5.74, 6) is 1.56. The van der Waals surface area contributed by atoms with Gasteiger partial charge >= 0.3 is 0 Å². The summed E-state index contributed by atoms with van der Waals surface area (Å²) in [6.07, 6.45) is 1.55. The van der Waals surface area contributed by atoms with Gasteiger partial charge in [-0.05, 0) is 38.5 Å². The van der Waals surface area contributed by atoms with E-state index in [-0.39, 0.29) is 6.04 Å². The fraction of sp³-hybridized carbons (Fsp3) is 0.333. The van der Waals surface area contributed by atoms with E-state index in [0.29, 0.717) is 0 Å². The summed E-state index contributed by atoms with van der Waals surface area (Å²) in [6, 6.07) is 7.77. The fourth-order valence-electron chi connectivity index (χ4n) is 2.35. The standard InChI is InChI=1S/C18H21N3O2S/c1-11(18(2,3)22)21-16-15-14(9-24-17(15)20-10-19-16)12-5-7-13(23-4)8-6-12/h5-11,22H,1-4H3,(H,19,20,21)/t11-/m0/s1. The van der Waals surface area contributed by atoms with Gasteiger partial charge in [-0.15, -0.1) is 11.3 Å². The third kappa shape index (κ3) is 3.20. The van der Waals surface area contributed by atoms with Crippen LogP contribution in [0.5, 0.6) is 5.75 Å². The van der Waals surface area contributed by atoms with Gasteiger partial charge in [-0.25, -0.2) is 9.97 Å². The number of hydrogen-bond donors (Lipinski definition) is 2. The van der Waals surface area contributed by atoms with Crippen LogP contribution in [0.4, 0.5) is 5.82 Å². The van der Waals surface area contributed by atoms with Crippen LogP contribution in [-0.4, -0.2) is 33.8 Å². The largest absolute Gasteiger partial charge is 0.497 e. The van der Waals surface area contributed by atoms with Crippen molar-refractivity contribution in [3.63, 3.8) is 0 Å². The van der Waals surface area contributed by atoms with Gasteiger partial charge in [-0.1, -0.05) is 12.1 Å². The molecule has 3 rings (SSSR count). The van der Waals surface area contributed by atoms with Gasteiger partial charge in [0.05, 0.1) is 24.1 Å². The molecule has 0 spiro atoms. The second kappa shape index (κ2) is 6.37. The molecular weight excluding hydrogens is 322 g/mol. The average molecular weight is 343 g/mol. The third-order valence-corrected chi connectivity index (χ3v) is 5.07. The molecule has 0 aliphatic rings. The number of thiophene rings is 1. The summed E-state index contributed by atoms with van der Waals surface area (Å²) in [5.41, 5.74) is 1.30. The van der Waals surface area contributed by atoms with Crippen LogP contribution in [0.25, 0.3) is 21.3 Å². The molecule has 2 aromatic heterocycles. The number of ether oxygens (including phenoxy) is 1. The summed E-state index contributed by atoms with van der Waals surface area (Å²) in [5, 5.41) is 16.6. The zero-order valence-corrected chi connectivity index (χ0v) is 15.0. The van der Waals surface area contributed by atoms with Crippen LogP contribution in [-0.2, 0) is 0 Å². The summed E-state index contributed by atoms with van der Waals surface area (Å²) in [7, 11) is 1.66. The number of anilines is 1. The van der Waals surface area contributed by atoms with Crippen molar-refractivity contribution in [3.05, 3.63) is 36.0 Å². The highest BCUT2D eigenvalue weighted by molar-refractivity contribution is 7.17. The van der Waals surface area contributed by atoms with E-state index >= 15 is 0 Å². The molecule has 2 N–H and O–H groups in total. The Balaban J connectivity index is 2.06. The van der Waals surface area contributed by atoms with E-state index < -0.39 is 5.60 Å². The molecule has 24 heavy (non-hydrogen) atoms. The summed E-state index contributed by atoms with van der Waals surface area (Å²) in [6.45, 7) is 5.50. The molecule has 0 radical (unpaired) electrons. The van der Waals surface area contributed by atoms with Gasteiger partial charge in [0.1, 0.15) is 22.7 Å². The first kappa shape index (κ1) is 16.7. The number of aromatic nitrogens is 2. The summed E-state index contributed by atoms with van der Waals surface area (Å²) < 4.78 is 5.23. The highest BCUT2D eigenvalue weighted by Gasteiger charge is 2.24. The maximum absolute atomic E-state index is 10.2. The number of fused-ring (bicyclic) bond motifs is 1. The fourth-order valence-corrected chi connectivity index (χ4v) is 3.27. The second-order valence-corrected chi connectivity index (χ2v) is 7.16. The molecule has 0 fully saturated rings. The van der Waals surface area contributed by atoms with Crippen molar-refractivity contribution in [3.8, 4) is 16.9 Å². The third-order valence-electron chi connectivity index (χ3n) is 4.18. The molecule has 0 unspecified atom stereocenters. The van der Waals surface area contributed by atoms with Crippen molar-refractivity contribution in [2.45, 2.75) is 32.4 Å². The van der Waals surface area contributed by atoms with E-state index in [2.05, 4.69) is 20.7 Å². The number of hydrogen-bond acceptors (Lipinski definition) is 6. The molecule has 6 heteroatoms. The first-order valence-corrected chi connectivity index (χ1v) is 8.63. The van der Waals surface area contributed by atoms with E-state index in [0.717, 1.165) is 32.9 Å². The predicted octanol–water partition coefficient (Wildman–Crippen LogP) is 3.94. The highest BCUT2D eigenvalue weighted by atomic mass is 32.1. The van der Waals surface area contributed by atoms with E-state index in [1.54, 1.807) is 38.6 Å². The average Bonchev–Trinajstić information content (AvgIpc) is 2.99. The first-order chi connectivity index (χ1) is 11.4. The van der Waals surface area contributed by atoms with Crippen LogP contribution in [0.15, 0.2) is 36.0 Å². The number of benzene rings is 1. The number of nitrogens with zero attached hydrogens (tertiary/aromatic N) is 2. The molecule has 0 amide bonds. The Bertz CT molecular complexity index is 838. The van der Waals surface area contributed by atoms with E-state index in [4.69, 9.17) is 4.74 Å². The lowest BCUT2D eigenvalue weighted by Gasteiger charge is -2.27. The van der Waals surface area contributed by atoms with Crippen molar-refractivity contribution >= 4 is 27.4 Å². The molecule has 0 saturated heterocycles. The van der Waals surface area contributed by atoms with Gasteiger partial charge < -0.3 is 15.2 Å². The zero-order valence-electron chi connectivity index (χ0n) is 14.2. The number of aliphatic hydroxyl groups is 1. The van der Waals surface area contributed by atoms with Gasteiger partial charge in [0, 0.05) is 10.9 Å². The number of nitrogens with one attached hydrogen (secondary N) is 1. The smallest absolute Gasteiger partial charge is 0.139 e. The van der Waals surface area contributed by atoms with Crippen molar-refractivity contribution in [2.75, 3.05) is 12.4 Å². The molecule has 1 atom stereocenters. The molecule has 2 heterocycles. The van der Waals surface area contributed by atoms with Crippen LogP contribution < -0.4 is 10.1 Å². The Morgan fingerprint density at radius 3 is 2.54 bits per heavy atom. The van der Waals surface area contributed by atoms with Crippen LogP contribution in [0, 0.1) is 0 Å². The Morgan fingerprint density at radius 2 is 1.92 bits per heavy atom. The van der Waals surface area contributed by atoms with Crippen LogP contribution in [0.1, 0.15) is 20.8 Å². The summed E-state index contributed by atoms with van der Waals surface area (Å²) >= 11 is 1.58. The predicted molar refractivity (Wildman–Crippen MR) is 98.8 cm³/mol. The monoisotopic (exact) mass is 343 g/mol. The van der Waals surface area contributed by atoms with E-state index in [1.165, 1.54) is 0 Å². The minimum Gasteiger partial charge on any atom is -0.497 e. The lowest BCUT2D eigenvalue weighted by molar-refractivity contribution is 0.0648. The Labute approximate surface area is 145 Å². The Kier molecular flexibility index (Phi) is 4.43. The Morgan fingerprint density at radius 1 is 1.21 bits per heavy atom. The van der Waals surface area contributed by atoms with Gasteiger partial charge in [0.2, 0.25) is 0 Å². The van der Waals surface area contributed by atoms with Gasteiger partial charge in [-0.2, -0.15) is 0 Å². The second-order valence-electron chi connectivity index (χ2n) is 6.30. The maximum atomic E-state index is 10.2. The molecule has 3 aromatic rings. The molecule has 1 aromatic carbocycles. The van der Waals surface area contributed by atoms with Crippen molar-refractivity contribution in [1.82, 2.24) is 9.97 Å². The van der Waals surface area contributed by atoms with Gasteiger partial charge in [-0.3, -0.25) is 0 Å². The van der Waals surface area contributed by atoms with Gasteiger partial charge in [0.15, 0.2) is 0 Å². The van der Waals surface area contributed by atoms with Crippen LogP contribution >= 0.6 is 11.3 Å². The van der Waals surface area contributed by atoms with E-state index in [9.17, 15) is 5.11 Å². The molecule has 0 saturated carbocycles.